The van der Waals surface area contributed by atoms with Crippen LogP contribution in [0.3, 0.4) is 0 Å². The molecule has 0 heterocycles. The predicted molar refractivity (Wildman–Crippen MR) is 87.6 cm³/mol. The first-order chi connectivity index (χ1) is 10.9. The molecule has 120 valence electrons. The van der Waals surface area contributed by atoms with Crippen LogP contribution in [0.1, 0.15) is 23.6 Å². The number of carbonyl (C=O) groups excluding carboxylic acids is 1. The molecule has 0 atom stereocenters. The zero-order chi connectivity index (χ0) is 17.0. The number of ether oxygens (including phenoxy) is 1. The smallest absolute Gasteiger partial charge is 0.273 e. The van der Waals surface area contributed by atoms with E-state index in [9.17, 15) is 14.9 Å². The Labute approximate surface area is 134 Å². The Morgan fingerprint density at radius 2 is 1.96 bits per heavy atom. The molecule has 0 unspecified atom stereocenters. The van der Waals surface area contributed by atoms with E-state index in [0.29, 0.717) is 5.69 Å². The Morgan fingerprint density at radius 1 is 1.22 bits per heavy atom. The van der Waals surface area contributed by atoms with E-state index in [-0.39, 0.29) is 24.0 Å². The van der Waals surface area contributed by atoms with Gasteiger partial charge in [0.05, 0.1) is 16.7 Å². The number of hydrogen-bond donors (Lipinski definition) is 1. The fourth-order valence-electron chi connectivity index (χ4n) is 2.15. The molecule has 2 aromatic rings. The summed E-state index contributed by atoms with van der Waals surface area (Å²) in [7, 11) is 0. The lowest BCUT2D eigenvalue weighted by Crippen LogP contribution is -2.08. The number of carbonyl (C=O) groups is 1. The number of nitro benzene ring substituents is 1. The van der Waals surface area contributed by atoms with Crippen LogP contribution in [-0.2, 0) is 11.4 Å². The van der Waals surface area contributed by atoms with Crippen LogP contribution >= 0.6 is 0 Å². The average molecular weight is 314 g/mol. The molecule has 23 heavy (non-hydrogen) atoms. The van der Waals surface area contributed by atoms with Gasteiger partial charge in [-0.05, 0) is 31.0 Å². The van der Waals surface area contributed by atoms with Crippen molar-refractivity contribution in [2.75, 3.05) is 5.32 Å². The van der Waals surface area contributed by atoms with Crippen molar-refractivity contribution in [3.63, 3.8) is 0 Å². The van der Waals surface area contributed by atoms with Crippen LogP contribution in [0.4, 0.5) is 11.4 Å². The number of amides is 1. The van der Waals surface area contributed by atoms with Crippen molar-refractivity contribution in [3.05, 3.63) is 63.2 Å². The second kappa shape index (κ2) is 6.91. The van der Waals surface area contributed by atoms with E-state index in [1.807, 2.05) is 32.0 Å². The van der Waals surface area contributed by atoms with Gasteiger partial charge >= 0.3 is 0 Å². The third kappa shape index (κ3) is 4.29. The number of aryl methyl sites for hydroxylation is 2. The summed E-state index contributed by atoms with van der Waals surface area (Å²) >= 11 is 0. The lowest BCUT2D eigenvalue weighted by molar-refractivity contribution is -0.384. The molecule has 1 N–H and O–H groups in total. The van der Waals surface area contributed by atoms with Gasteiger partial charge in [-0.25, -0.2) is 0 Å². The second-order valence-electron chi connectivity index (χ2n) is 5.34. The molecule has 0 aromatic heterocycles. The van der Waals surface area contributed by atoms with Crippen LogP contribution in [0, 0.1) is 24.0 Å². The Kier molecular flexibility index (Phi) is 4.95. The molecule has 0 aliphatic carbocycles. The summed E-state index contributed by atoms with van der Waals surface area (Å²) in [5, 5.41) is 13.5. The van der Waals surface area contributed by atoms with E-state index in [4.69, 9.17) is 4.74 Å². The van der Waals surface area contributed by atoms with Crippen molar-refractivity contribution >= 4 is 17.3 Å². The zero-order valence-corrected chi connectivity index (χ0v) is 13.3. The Bertz CT molecular complexity index is 756. The largest absolute Gasteiger partial charge is 0.486 e. The molecule has 0 spiro atoms. The van der Waals surface area contributed by atoms with Gasteiger partial charge in [-0.2, -0.15) is 0 Å². The summed E-state index contributed by atoms with van der Waals surface area (Å²) in [4.78, 5) is 21.7. The van der Waals surface area contributed by atoms with Crippen molar-refractivity contribution in [2.24, 2.45) is 0 Å². The molecule has 1 amide bonds. The normalized spacial score (nSPS) is 10.2. The topological polar surface area (TPSA) is 81.5 Å². The molecule has 0 aliphatic heterocycles. The van der Waals surface area contributed by atoms with Crippen molar-refractivity contribution in [2.45, 2.75) is 27.4 Å². The fraction of sp³-hybridized carbons (Fsp3) is 0.235. The van der Waals surface area contributed by atoms with Gasteiger partial charge in [0.25, 0.3) is 5.69 Å². The number of non-ortho nitro benzene ring substituents is 1. The first-order valence-corrected chi connectivity index (χ1v) is 7.12. The molecule has 0 radical (unpaired) electrons. The molecule has 0 aliphatic rings. The average Bonchev–Trinajstić information content (AvgIpc) is 2.48. The number of nitrogens with zero attached hydrogens (tertiary/aromatic N) is 1. The van der Waals surface area contributed by atoms with Gasteiger partial charge in [0.15, 0.2) is 0 Å². The van der Waals surface area contributed by atoms with Crippen molar-refractivity contribution in [3.8, 4) is 5.75 Å². The highest BCUT2D eigenvalue weighted by atomic mass is 16.6. The molecule has 6 nitrogen and oxygen atoms in total. The minimum Gasteiger partial charge on any atom is -0.486 e. The van der Waals surface area contributed by atoms with Gasteiger partial charge in [0, 0.05) is 13.0 Å². The molecule has 0 fully saturated rings. The molecule has 0 saturated heterocycles. The molecule has 2 aromatic carbocycles. The van der Waals surface area contributed by atoms with Crippen molar-refractivity contribution in [1.82, 2.24) is 0 Å². The number of nitrogens with one attached hydrogen (secondary N) is 1. The Balaban J connectivity index is 2.28. The summed E-state index contributed by atoms with van der Waals surface area (Å²) in [6, 6.07) is 10.1. The molecule has 2 rings (SSSR count). The van der Waals surface area contributed by atoms with Gasteiger partial charge in [0.2, 0.25) is 5.91 Å². The quantitative estimate of drug-likeness (QED) is 0.673. The first kappa shape index (κ1) is 16.5. The highest BCUT2D eigenvalue weighted by molar-refractivity contribution is 5.90. The summed E-state index contributed by atoms with van der Waals surface area (Å²) in [5.74, 6) is 0.00532. The molecule has 0 bridgehead atoms. The Morgan fingerprint density at radius 3 is 2.61 bits per heavy atom. The van der Waals surface area contributed by atoms with E-state index in [0.717, 1.165) is 16.7 Å². The van der Waals surface area contributed by atoms with Gasteiger partial charge in [-0.15, -0.1) is 0 Å². The molecule has 6 heteroatoms. The number of anilines is 1. The SMILES string of the molecule is CC(=O)Nc1ccc([N+](=O)[O-])cc1OCc1cc(C)ccc1C. The summed E-state index contributed by atoms with van der Waals surface area (Å²) in [5.41, 5.74) is 3.49. The third-order valence-electron chi connectivity index (χ3n) is 3.37. The van der Waals surface area contributed by atoms with Crippen LogP contribution in [0.15, 0.2) is 36.4 Å². The molecular weight excluding hydrogens is 296 g/mol. The summed E-state index contributed by atoms with van der Waals surface area (Å²) in [6.45, 7) is 5.59. The fourth-order valence-corrected chi connectivity index (χ4v) is 2.15. The zero-order valence-electron chi connectivity index (χ0n) is 13.3. The standard InChI is InChI=1S/C17H18N2O4/c1-11-4-5-12(2)14(8-11)10-23-17-9-15(19(21)22)6-7-16(17)18-13(3)20/h4-9H,10H2,1-3H3,(H,18,20). The van der Waals surface area contributed by atoms with E-state index < -0.39 is 4.92 Å². The summed E-state index contributed by atoms with van der Waals surface area (Å²) < 4.78 is 5.73. The Hall–Kier alpha value is -2.89. The van der Waals surface area contributed by atoms with E-state index in [2.05, 4.69) is 5.32 Å². The molecule has 0 saturated carbocycles. The monoisotopic (exact) mass is 314 g/mol. The first-order valence-electron chi connectivity index (χ1n) is 7.12. The van der Waals surface area contributed by atoms with Crippen LogP contribution in [0.5, 0.6) is 5.75 Å². The maximum atomic E-state index is 11.3. The minimum atomic E-state index is -0.498. The molecular formula is C17H18N2O4. The van der Waals surface area contributed by atoms with Gasteiger partial charge in [0.1, 0.15) is 12.4 Å². The van der Waals surface area contributed by atoms with Gasteiger partial charge in [-0.3, -0.25) is 14.9 Å². The highest BCUT2D eigenvalue weighted by Crippen LogP contribution is 2.30. The second-order valence-corrected chi connectivity index (χ2v) is 5.34. The van der Waals surface area contributed by atoms with Gasteiger partial charge in [-0.1, -0.05) is 23.8 Å². The van der Waals surface area contributed by atoms with Crippen LogP contribution in [-0.4, -0.2) is 10.8 Å². The maximum Gasteiger partial charge on any atom is 0.273 e. The summed E-state index contributed by atoms with van der Waals surface area (Å²) in [6.07, 6.45) is 0. The van der Waals surface area contributed by atoms with E-state index >= 15 is 0 Å². The minimum absolute atomic E-state index is 0.0879. The van der Waals surface area contributed by atoms with E-state index in [1.54, 1.807) is 0 Å². The number of nitro groups is 1. The van der Waals surface area contributed by atoms with Crippen LogP contribution in [0.25, 0.3) is 0 Å². The maximum absolute atomic E-state index is 11.3. The number of rotatable bonds is 5. The number of benzene rings is 2. The van der Waals surface area contributed by atoms with E-state index in [1.165, 1.54) is 25.1 Å². The van der Waals surface area contributed by atoms with Crippen LogP contribution in [0.2, 0.25) is 0 Å². The lowest BCUT2D eigenvalue weighted by atomic mass is 10.1. The van der Waals surface area contributed by atoms with Gasteiger partial charge < -0.3 is 10.1 Å². The van der Waals surface area contributed by atoms with Crippen molar-refractivity contribution < 1.29 is 14.5 Å². The highest BCUT2D eigenvalue weighted by Gasteiger charge is 2.13. The lowest BCUT2D eigenvalue weighted by Gasteiger charge is -2.13. The predicted octanol–water partition coefficient (Wildman–Crippen LogP) is 3.75. The van der Waals surface area contributed by atoms with Crippen LogP contribution < -0.4 is 10.1 Å². The third-order valence-corrected chi connectivity index (χ3v) is 3.37. The van der Waals surface area contributed by atoms with Crippen molar-refractivity contribution in [1.29, 1.82) is 0 Å². The number of hydrogen-bond acceptors (Lipinski definition) is 4.